The summed E-state index contributed by atoms with van der Waals surface area (Å²) in [6.07, 6.45) is -29.1. The lowest BCUT2D eigenvalue weighted by Crippen LogP contribution is -2.66. The van der Waals surface area contributed by atoms with Crippen molar-refractivity contribution >= 4 is 0 Å². The van der Waals surface area contributed by atoms with E-state index < -0.39 is 184 Å². The van der Waals surface area contributed by atoms with Crippen molar-refractivity contribution in [3.63, 3.8) is 0 Å². The van der Waals surface area contributed by atoms with Gasteiger partial charge in [-0.05, 0) is 130 Å². The molecule has 0 amide bonds. The molecule has 33 atom stereocenters. The summed E-state index contributed by atoms with van der Waals surface area (Å²) < 4.78 is 60.8. The van der Waals surface area contributed by atoms with Crippen molar-refractivity contribution < 1.29 is 129 Å². The molecular weight excluding hydrogens is 1120 g/mol. The van der Waals surface area contributed by atoms with Crippen molar-refractivity contribution in [2.45, 2.75) is 279 Å². The molecule has 0 aromatic carbocycles. The molecule has 26 heteroatoms. The summed E-state index contributed by atoms with van der Waals surface area (Å²) >= 11 is 0. The molecule has 4 saturated carbocycles. The Labute approximate surface area is 496 Å². The third-order valence-electron chi connectivity index (χ3n) is 22.5. The Kier molecular flexibility index (Phi) is 21.1. The highest BCUT2D eigenvalue weighted by atomic mass is 16.8. The van der Waals surface area contributed by atoms with Crippen molar-refractivity contribution in [3.05, 3.63) is 11.6 Å². The average Bonchev–Trinajstić information content (AvgIpc) is 1.69. The Bertz CT molecular complexity index is 2230. The number of allylic oxidation sites excluding steroid dienone is 2. The zero-order chi connectivity index (χ0) is 62.2. The molecule has 0 spiro atoms. The summed E-state index contributed by atoms with van der Waals surface area (Å²) in [6.45, 7) is 14.4. The SMILES string of the molecule is CC(C)=CCC[C@@](O)(CO[C@@H]1O[C@H](CO[C@@H]2O[C@H](CO)[C@@H](O)[C@H](O)[C@H]2O)[C@@H](O)[C@H](O)[C@H]1O)[C@H]1CC[C@]2(C)C1CCC1[C@@]3(C)CC[C@H](O[C@@H]4OC[C@H](O)[C@H](O[C@@H]5O[C@H](CO)[C@@H](O)[C@H](O)[C@H]5O)[C@H]4O[C@@H]4O[C@@H](C)[C@H](O)[C@@H](O)[C@H]4O)C(C)(C)C3CC[C@]12C. The number of fused-ring (bicyclic) bond motifs is 5. The van der Waals surface area contributed by atoms with E-state index in [1.807, 2.05) is 13.8 Å². The predicted molar refractivity (Wildman–Crippen MR) is 291 cm³/mol. The second-order valence-corrected chi connectivity index (χ2v) is 27.9. The Morgan fingerprint density at radius 1 is 0.529 bits per heavy atom. The second kappa shape index (κ2) is 26.4. The first-order valence-corrected chi connectivity index (χ1v) is 30.7. The third kappa shape index (κ3) is 12.5. The fraction of sp³-hybridized carbons (Fsp3) is 0.966. The first-order valence-electron chi connectivity index (χ1n) is 30.7. The molecule has 0 aromatic rings. The molecular formula is C59H100O26. The highest BCUT2D eigenvalue weighted by Gasteiger charge is 2.70. The molecule has 9 rings (SSSR count). The van der Waals surface area contributed by atoms with Gasteiger partial charge in [0, 0.05) is 0 Å². The Morgan fingerprint density at radius 2 is 1.06 bits per heavy atom. The highest BCUT2D eigenvalue weighted by Crippen LogP contribution is 2.76. The van der Waals surface area contributed by atoms with E-state index >= 15 is 0 Å². The molecule has 5 heterocycles. The van der Waals surface area contributed by atoms with Gasteiger partial charge in [-0.2, -0.15) is 0 Å². The molecule has 0 bridgehead atoms. The second-order valence-electron chi connectivity index (χ2n) is 27.9. The molecule has 5 aliphatic heterocycles. The third-order valence-corrected chi connectivity index (χ3v) is 22.5. The minimum Gasteiger partial charge on any atom is -0.394 e. The Hall–Kier alpha value is -1.30. The van der Waals surface area contributed by atoms with Crippen LogP contribution in [0.4, 0.5) is 0 Å². The van der Waals surface area contributed by atoms with E-state index in [9.17, 15) is 81.7 Å². The first kappa shape index (κ1) is 68.1. The summed E-state index contributed by atoms with van der Waals surface area (Å²) in [5.74, 6) is 0.167. The van der Waals surface area contributed by atoms with Crippen LogP contribution in [0, 0.1) is 45.3 Å². The number of aliphatic hydroxyl groups is 16. The number of rotatable bonds is 18. The van der Waals surface area contributed by atoms with E-state index in [1.165, 1.54) is 6.92 Å². The van der Waals surface area contributed by atoms with Gasteiger partial charge < -0.3 is 129 Å². The Balaban J connectivity index is 0.909. The van der Waals surface area contributed by atoms with Gasteiger partial charge in [0.1, 0.15) is 110 Å². The molecule has 26 nitrogen and oxygen atoms in total. The van der Waals surface area contributed by atoms with Gasteiger partial charge in [-0.1, -0.05) is 46.3 Å². The van der Waals surface area contributed by atoms with E-state index in [4.69, 9.17) is 47.4 Å². The van der Waals surface area contributed by atoms with Crippen LogP contribution in [0.2, 0.25) is 0 Å². The van der Waals surface area contributed by atoms with Crippen molar-refractivity contribution in [3.8, 4) is 0 Å². The topological polar surface area (TPSA) is 416 Å². The van der Waals surface area contributed by atoms with Crippen molar-refractivity contribution in [2.24, 2.45) is 45.3 Å². The summed E-state index contributed by atoms with van der Waals surface area (Å²) in [7, 11) is 0. The lowest BCUT2D eigenvalue weighted by atomic mass is 9.35. The minimum absolute atomic E-state index is 0.0547. The number of hydrogen-bond acceptors (Lipinski definition) is 26. The van der Waals surface area contributed by atoms with E-state index in [0.29, 0.717) is 25.7 Å². The maximum Gasteiger partial charge on any atom is 0.187 e. The fourth-order valence-corrected chi connectivity index (χ4v) is 17.4. The quantitative estimate of drug-likeness (QED) is 0.0490. The molecule has 85 heavy (non-hydrogen) atoms. The highest BCUT2D eigenvalue weighted by molar-refractivity contribution is 5.19. The zero-order valence-corrected chi connectivity index (χ0v) is 50.2. The van der Waals surface area contributed by atoms with Gasteiger partial charge in [-0.15, -0.1) is 0 Å². The van der Waals surface area contributed by atoms with Crippen LogP contribution in [0.5, 0.6) is 0 Å². The monoisotopic (exact) mass is 1220 g/mol. The fourth-order valence-electron chi connectivity index (χ4n) is 17.4. The molecule has 9 aliphatic rings. The molecule has 16 N–H and O–H groups in total. The molecule has 0 radical (unpaired) electrons. The number of ether oxygens (including phenoxy) is 10. The molecule has 492 valence electrons. The van der Waals surface area contributed by atoms with E-state index in [-0.39, 0.29) is 53.1 Å². The van der Waals surface area contributed by atoms with Crippen molar-refractivity contribution in [1.29, 1.82) is 0 Å². The standard InChI is InChI=1S/C59H100O26/c1-25(2)10-9-16-59(75,24-78-51-45(72)43(70)39(66)32(82-51)23-77-50-44(71)41(68)37(64)30(20-60)80-50)28-13-18-57(7)27(28)11-12-34-56(6)17-15-35(55(4,5)33(56)14-19-58(34,57)8)83-54-49(85-52-46(73)40(67)36(63)26(3)79-52)48(29(62)22-76-54)84-53-47(74)42(69)38(65)31(21-61)81-53/h10,26-54,60-75H,9,11-24H2,1-8H3/t26-,27?,28-,29-,30+,31+,32+,33?,34?,35-,36-,37+,38+,39+,40+,41-,42-,43-,44+,45+,46+,47+,48-,49+,50+,51+,52-,53-,54-,56-,57+,58+,59+/m0/s1. The summed E-state index contributed by atoms with van der Waals surface area (Å²) in [5, 5.41) is 173. The van der Waals surface area contributed by atoms with Gasteiger partial charge in [-0.25, -0.2) is 0 Å². The molecule has 4 aliphatic carbocycles. The van der Waals surface area contributed by atoms with Gasteiger partial charge in [-0.3, -0.25) is 0 Å². The largest absolute Gasteiger partial charge is 0.394 e. The lowest BCUT2D eigenvalue weighted by molar-refractivity contribution is -0.388. The summed E-state index contributed by atoms with van der Waals surface area (Å²) in [4.78, 5) is 0. The number of aliphatic hydroxyl groups excluding tert-OH is 15. The van der Waals surface area contributed by atoms with Gasteiger partial charge in [0.2, 0.25) is 0 Å². The van der Waals surface area contributed by atoms with E-state index in [0.717, 1.165) is 44.1 Å². The van der Waals surface area contributed by atoms with Crippen LogP contribution >= 0.6 is 0 Å². The maximum atomic E-state index is 13.2. The van der Waals surface area contributed by atoms with Gasteiger partial charge in [0.15, 0.2) is 31.5 Å². The average molecular weight is 1230 g/mol. The molecule has 0 aromatic heterocycles. The maximum absolute atomic E-state index is 13.2. The van der Waals surface area contributed by atoms with Crippen LogP contribution < -0.4 is 0 Å². The van der Waals surface area contributed by atoms with Gasteiger partial charge >= 0.3 is 0 Å². The smallest absolute Gasteiger partial charge is 0.187 e. The summed E-state index contributed by atoms with van der Waals surface area (Å²) in [5.41, 5.74) is -1.53. The van der Waals surface area contributed by atoms with E-state index in [2.05, 4.69) is 40.7 Å². The van der Waals surface area contributed by atoms with E-state index in [1.54, 1.807) is 0 Å². The Morgan fingerprint density at radius 3 is 1.67 bits per heavy atom. The lowest BCUT2D eigenvalue weighted by Gasteiger charge is -2.70. The zero-order valence-electron chi connectivity index (χ0n) is 50.2. The van der Waals surface area contributed by atoms with Gasteiger partial charge in [0.05, 0.1) is 50.8 Å². The van der Waals surface area contributed by atoms with Crippen molar-refractivity contribution in [2.75, 3.05) is 33.0 Å². The molecule has 9 fully saturated rings. The van der Waals surface area contributed by atoms with Crippen LogP contribution in [-0.2, 0) is 47.4 Å². The summed E-state index contributed by atoms with van der Waals surface area (Å²) in [6, 6.07) is 0. The normalized spacial score (nSPS) is 52.5. The van der Waals surface area contributed by atoms with Crippen molar-refractivity contribution in [1.82, 2.24) is 0 Å². The van der Waals surface area contributed by atoms with Crippen LogP contribution in [0.15, 0.2) is 11.6 Å². The van der Waals surface area contributed by atoms with Crippen LogP contribution in [0.25, 0.3) is 0 Å². The molecule has 3 unspecified atom stereocenters. The van der Waals surface area contributed by atoms with Crippen LogP contribution in [0.1, 0.15) is 120 Å². The van der Waals surface area contributed by atoms with Crippen LogP contribution in [0.3, 0.4) is 0 Å². The van der Waals surface area contributed by atoms with Gasteiger partial charge in [0.25, 0.3) is 0 Å². The minimum atomic E-state index is -1.85. The van der Waals surface area contributed by atoms with Crippen LogP contribution in [-0.4, -0.2) is 274 Å². The predicted octanol–water partition coefficient (Wildman–Crippen LogP) is -2.71. The molecule has 5 saturated heterocycles. The first-order chi connectivity index (χ1) is 39.9. The number of hydrogen-bond donors (Lipinski definition) is 16.